The molecule has 32 heavy (non-hydrogen) atoms. The van der Waals surface area contributed by atoms with Crippen LogP contribution in [-0.2, 0) is 22.7 Å². The van der Waals surface area contributed by atoms with Gasteiger partial charge in [-0.05, 0) is 49.6 Å². The van der Waals surface area contributed by atoms with Gasteiger partial charge in [0.1, 0.15) is 11.5 Å². The van der Waals surface area contributed by atoms with Crippen molar-refractivity contribution in [2.45, 2.75) is 57.8 Å². The highest BCUT2D eigenvalue weighted by molar-refractivity contribution is 6.42. The molecular weight excluding hydrogens is 455 g/mol. The topological polar surface area (TPSA) is 96.2 Å². The fourth-order valence-corrected chi connectivity index (χ4v) is 4.30. The Bertz CT molecular complexity index is 1050. The summed E-state index contributed by atoms with van der Waals surface area (Å²) >= 11 is 12.0. The van der Waals surface area contributed by atoms with E-state index in [1.807, 2.05) is 13.0 Å². The van der Waals surface area contributed by atoms with Gasteiger partial charge in [-0.15, -0.1) is 0 Å². The maximum Gasteiger partial charge on any atom is 0.326 e. The van der Waals surface area contributed by atoms with E-state index in [-0.39, 0.29) is 18.9 Å². The number of carbonyl (C=O) groups excluding carboxylic acids is 2. The summed E-state index contributed by atoms with van der Waals surface area (Å²) in [6.45, 7) is 2.22. The molecule has 3 amide bonds. The van der Waals surface area contributed by atoms with Crippen LogP contribution in [0.25, 0.3) is 0 Å². The number of furan rings is 1. The van der Waals surface area contributed by atoms with Crippen LogP contribution in [0.15, 0.2) is 39.9 Å². The molecule has 1 saturated carbocycles. The van der Waals surface area contributed by atoms with Crippen molar-refractivity contribution in [3.63, 3.8) is 0 Å². The molecule has 1 aromatic heterocycles. The summed E-state index contributed by atoms with van der Waals surface area (Å²) in [7, 11) is 0. The van der Waals surface area contributed by atoms with Gasteiger partial charge in [-0.25, -0.2) is 9.69 Å². The maximum absolute atomic E-state index is 13.2. The number of amidine groups is 1. The van der Waals surface area contributed by atoms with Crippen molar-refractivity contribution in [2.24, 2.45) is 5.16 Å². The van der Waals surface area contributed by atoms with Crippen molar-refractivity contribution in [1.29, 1.82) is 0 Å². The molecule has 0 radical (unpaired) electrons. The Hall–Kier alpha value is -2.71. The first-order valence-corrected chi connectivity index (χ1v) is 11.3. The van der Waals surface area contributed by atoms with E-state index in [4.69, 9.17) is 32.5 Å². The summed E-state index contributed by atoms with van der Waals surface area (Å²) in [5, 5.41) is 10.5. The van der Waals surface area contributed by atoms with Crippen LogP contribution in [0.5, 0.6) is 0 Å². The Morgan fingerprint density at radius 2 is 1.84 bits per heavy atom. The lowest BCUT2D eigenvalue weighted by molar-refractivity contribution is -0.117. The van der Waals surface area contributed by atoms with E-state index in [9.17, 15) is 9.59 Å². The summed E-state index contributed by atoms with van der Waals surface area (Å²) in [6, 6.07) is 8.28. The number of oxime groups is 1. The lowest BCUT2D eigenvalue weighted by Crippen LogP contribution is -2.58. The molecule has 2 heterocycles. The van der Waals surface area contributed by atoms with Crippen LogP contribution >= 0.6 is 23.2 Å². The monoisotopic (exact) mass is 478 g/mol. The van der Waals surface area contributed by atoms with Gasteiger partial charge in [0.25, 0.3) is 5.91 Å². The fourth-order valence-electron chi connectivity index (χ4n) is 3.98. The SMILES string of the molecule is Cc1ccc(CNC(=O)C2=NOC3(CCCCC3)N2C(=O)NCc2ccc(Cl)c(Cl)c2)o1. The number of nitrogens with one attached hydrogen (secondary N) is 2. The number of hydrogen-bond donors (Lipinski definition) is 2. The number of nitrogens with zero attached hydrogens (tertiary/aromatic N) is 2. The van der Waals surface area contributed by atoms with Gasteiger partial charge in [-0.2, -0.15) is 0 Å². The summed E-state index contributed by atoms with van der Waals surface area (Å²) in [5.74, 6) is 0.784. The molecule has 1 aliphatic carbocycles. The number of amides is 3. The van der Waals surface area contributed by atoms with Gasteiger partial charge in [0.2, 0.25) is 11.6 Å². The zero-order valence-electron chi connectivity index (χ0n) is 17.6. The van der Waals surface area contributed by atoms with Crippen LogP contribution in [-0.4, -0.2) is 28.4 Å². The number of aryl methyl sites for hydroxylation is 1. The molecule has 1 aliphatic heterocycles. The van der Waals surface area contributed by atoms with E-state index in [0.717, 1.165) is 30.6 Å². The standard InChI is InChI=1S/C22H24Cl2N4O4/c1-14-5-7-16(31-14)13-25-20(29)19-27-32-22(9-3-2-4-10-22)28(19)21(30)26-12-15-6-8-17(23)18(24)11-15/h5-8,11H,2-4,9-10,12-13H2,1H3,(H,25,29)(H,26,30). The number of halogens is 2. The van der Waals surface area contributed by atoms with Crippen LogP contribution in [0.2, 0.25) is 10.0 Å². The second kappa shape index (κ2) is 9.42. The van der Waals surface area contributed by atoms with E-state index in [1.54, 1.807) is 24.3 Å². The second-order valence-corrected chi connectivity index (χ2v) is 8.77. The Labute approximate surface area is 195 Å². The molecule has 4 rings (SSSR count). The molecular formula is C22H24Cl2N4O4. The zero-order valence-corrected chi connectivity index (χ0v) is 19.1. The molecule has 0 bridgehead atoms. The van der Waals surface area contributed by atoms with E-state index in [2.05, 4.69) is 15.8 Å². The molecule has 0 atom stereocenters. The molecule has 0 saturated heterocycles. The molecule has 10 heteroatoms. The Balaban J connectivity index is 1.48. The minimum absolute atomic E-state index is 0.0678. The lowest BCUT2D eigenvalue weighted by atomic mass is 9.90. The molecule has 1 fully saturated rings. The number of benzene rings is 1. The van der Waals surface area contributed by atoms with E-state index < -0.39 is 17.7 Å². The number of urea groups is 1. The van der Waals surface area contributed by atoms with Gasteiger partial charge in [0, 0.05) is 19.4 Å². The van der Waals surface area contributed by atoms with Gasteiger partial charge >= 0.3 is 6.03 Å². The predicted molar refractivity (Wildman–Crippen MR) is 120 cm³/mol. The lowest BCUT2D eigenvalue weighted by Gasteiger charge is -2.38. The highest BCUT2D eigenvalue weighted by Crippen LogP contribution is 2.39. The third-order valence-electron chi connectivity index (χ3n) is 5.61. The largest absolute Gasteiger partial charge is 0.465 e. The molecule has 170 valence electrons. The van der Waals surface area contributed by atoms with Gasteiger partial charge in [0.05, 0.1) is 16.6 Å². The van der Waals surface area contributed by atoms with E-state index in [1.165, 1.54) is 4.90 Å². The number of rotatable bonds is 5. The van der Waals surface area contributed by atoms with Gasteiger partial charge in [0.15, 0.2) is 0 Å². The molecule has 2 aliphatic rings. The van der Waals surface area contributed by atoms with Crippen LogP contribution in [0.4, 0.5) is 4.79 Å². The Kier molecular flexibility index (Phi) is 6.62. The second-order valence-electron chi connectivity index (χ2n) is 7.95. The van der Waals surface area contributed by atoms with Crippen LogP contribution in [0.3, 0.4) is 0 Å². The molecule has 8 nitrogen and oxygen atoms in total. The van der Waals surface area contributed by atoms with Crippen molar-refractivity contribution < 1.29 is 18.8 Å². The zero-order chi connectivity index (χ0) is 22.7. The molecule has 1 spiro atoms. The fraction of sp³-hybridized carbons (Fsp3) is 0.409. The smallest absolute Gasteiger partial charge is 0.326 e. The van der Waals surface area contributed by atoms with Gasteiger partial charge in [-0.3, -0.25) is 4.79 Å². The third kappa shape index (κ3) is 4.71. The van der Waals surface area contributed by atoms with Crippen molar-refractivity contribution in [2.75, 3.05) is 0 Å². The predicted octanol–water partition coefficient (Wildman–Crippen LogP) is 4.73. The van der Waals surface area contributed by atoms with Crippen LogP contribution in [0.1, 0.15) is 49.2 Å². The number of hydrogen-bond acceptors (Lipinski definition) is 5. The summed E-state index contributed by atoms with van der Waals surface area (Å²) in [4.78, 5) is 33.2. The first-order chi connectivity index (χ1) is 15.4. The summed E-state index contributed by atoms with van der Waals surface area (Å²) < 4.78 is 5.49. The number of carbonyl (C=O) groups is 2. The average molecular weight is 479 g/mol. The van der Waals surface area contributed by atoms with E-state index in [0.29, 0.717) is 28.6 Å². The minimum Gasteiger partial charge on any atom is -0.465 e. The van der Waals surface area contributed by atoms with Gasteiger partial charge in [-0.1, -0.05) is 40.8 Å². The van der Waals surface area contributed by atoms with Crippen molar-refractivity contribution in [3.05, 3.63) is 57.5 Å². The summed E-state index contributed by atoms with van der Waals surface area (Å²) in [6.07, 6.45) is 4.01. The molecule has 2 N–H and O–H groups in total. The normalized spacial score (nSPS) is 17.1. The first-order valence-electron chi connectivity index (χ1n) is 10.5. The third-order valence-corrected chi connectivity index (χ3v) is 6.35. The van der Waals surface area contributed by atoms with Crippen molar-refractivity contribution in [1.82, 2.24) is 15.5 Å². The average Bonchev–Trinajstić information content (AvgIpc) is 3.36. The van der Waals surface area contributed by atoms with Crippen molar-refractivity contribution >= 4 is 41.0 Å². The highest BCUT2D eigenvalue weighted by Gasteiger charge is 2.52. The van der Waals surface area contributed by atoms with Crippen LogP contribution < -0.4 is 10.6 Å². The molecule has 1 aromatic carbocycles. The highest BCUT2D eigenvalue weighted by atomic mass is 35.5. The Morgan fingerprint density at radius 1 is 1.06 bits per heavy atom. The Morgan fingerprint density at radius 3 is 2.53 bits per heavy atom. The first kappa shape index (κ1) is 22.5. The molecule has 0 unspecified atom stereocenters. The molecule has 2 aromatic rings. The maximum atomic E-state index is 13.2. The minimum atomic E-state index is -0.950. The van der Waals surface area contributed by atoms with Crippen molar-refractivity contribution in [3.8, 4) is 0 Å². The summed E-state index contributed by atoms with van der Waals surface area (Å²) in [5.41, 5.74) is -0.171. The van der Waals surface area contributed by atoms with E-state index >= 15 is 0 Å². The quantitative estimate of drug-likeness (QED) is 0.649. The van der Waals surface area contributed by atoms with Crippen LogP contribution in [0, 0.1) is 6.92 Å². The van der Waals surface area contributed by atoms with Gasteiger partial charge < -0.3 is 19.9 Å².